The van der Waals surface area contributed by atoms with E-state index in [4.69, 9.17) is 0 Å². The number of hydrogen-bond acceptors (Lipinski definition) is 3. The lowest BCUT2D eigenvalue weighted by Crippen LogP contribution is -2.32. The summed E-state index contributed by atoms with van der Waals surface area (Å²) in [5, 5.41) is 6.29. The van der Waals surface area contributed by atoms with E-state index in [2.05, 4.69) is 31.8 Å². The SMILES string of the molecule is Cc1cc(Br)ccc1NC(=O)C(=O)N/N=C/c1ccccc1. The number of anilines is 1. The van der Waals surface area contributed by atoms with Gasteiger partial charge in [-0.1, -0.05) is 46.3 Å². The normalized spacial score (nSPS) is 10.5. The van der Waals surface area contributed by atoms with E-state index in [1.54, 1.807) is 12.1 Å². The molecular weight excluding hydrogens is 346 g/mol. The van der Waals surface area contributed by atoms with Crippen molar-refractivity contribution in [3.8, 4) is 0 Å². The van der Waals surface area contributed by atoms with Crippen LogP contribution in [-0.2, 0) is 9.59 Å². The summed E-state index contributed by atoms with van der Waals surface area (Å²) in [7, 11) is 0. The molecule has 0 aliphatic heterocycles. The molecule has 6 heteroatoms. The summed E-state index contributed by atoms with van der Waals surface area (Å²) in [5.74, 6) is -1.59. The van der Waals surface area contributed by atoms with Gasteiger partial charge in [0.15, 0.2) is 0 Å². The molecule has 2 N–H and O–H groups in total. The number of nitrogens with zero attached hydrogens (tertiary/aromatic N) is 1. The molecule has 0 heterocycles. The maximum Gasteiger partial charge on any atom is 0.329 e. The summed E-state index contributed by atoms with van der Waals surface area (Å²) in [6, 6.07) is 14.6. The number of carbonyl (C=O) groups is 2. The quantitative estimate of drug-likeness (QED) is 0.502. The van der Waals surface area contributed by atoms with Crippen LogP contribution in [0.25, 0.3) is 0 Å². The second-order valence-corrected chi connectivity index (χ2v) is 5.44. The first-order valence-electron chi connectivity index (χ1n) is 6.52. The molecule has 0 saturated carbocycles. The number of nitrogens with one attached hydrogen (secondary N) is 2. The lowest BCUT2D eigenvalue weighted by atomic mass is 10.2. The molecule has 0 aliphatic carbocycles. The zero-order valence-corrected chi connectivity index (χ0v) is 13.4. The number of rotatable bonds is 3. The van der Waals surface area contributed by atoms with Crippen LogP contribution in [-0.4, -0.2) is 18.0 Å². The second-order valence-electron chi connectivity index (χ2n) is 4.52. The van der Waals surface area contributed by atoms with Gasteiger partial charge < -0.3 is 5.32 Å². The Bertz CT molecular complexity index is 715. The summed E-state index contributed by atoms with van der Waals surface area (Å²) >= 11 is 3.34. The Labute approximate surface area is 136 Å². The van der Waals surface area contributed by atoms with Crippen LogP contribution in [0, 0.1) is 6.92 Å². The molecule has 0 bridgehead atoms. The lowest BCUT2D eigenvalue weighted by molar-refractivity contribution is -0.136. The van der Waals surface area contributed by atoms with Crippen molar-refractivity contribution in [2.75, 3.05) is 5.32 Å². The number of carbonyl (C=O) groups excluding carboxylic acids is 2. The molecule has 0 aliphatic rings. The van der Waals surface area contributed by atoms with E-state index in [-0.39, 0.29) is 0 Å². The van der Waals surface area contributed by atoms with Gasteiger partial charge in [0.1, 0.15) is 0 Å². The first-order chi connectivity index (χ1) is 10.6. The van der Waals surface area contributed by atoms with Crippen LogP contribution in [0.1, 0.15) is 11.1 Å². The highest BCUT2D eigenvalue weighted by molar-refractivity contribution is 9.10. The molecule has 0 radical (unpaired) electrons. The van der Waals surface area contributed by atoms with Crippen molar-refractivity contribution in [3.63, 3.8) is 0 Å². The van der Waals surface area contributed by atoms with Crippen LogP contribution >= 0.6 is 15.9 Å². The predicted octanol–water partition coefficient (Wildman–Crippen LogP) is 2.85. The van der Waals surface area contributed by atoms with Gasteiger partial charge in [0.25, 0.3) is 0 Å². The topological polar surface area (TPSA) is 70.6 Å². The first kappa shape index (κ1) is 15.9. The Morgan fingerprint density at radius 2 is 1.82 bits per heavy atom. The van der Waals surface area contributed by atoms with Gasteiger partial charge in [-0.15, -0.1) is 0 Å². The molecule has 2 aromatic rings. The number of hydrogen-bond donors (Lipinski definition) is 2. The van der Waals surface area contributed by atoms with Crippen LogP contribution in [0.15, 0.2) is 58.1 Å². The third-order valence-corrected chi connectivity index (χ3v) is 3.32. The van der Waals surface area contributed by atoms with E-state index in [0.717, 1.165) is 15.6 Å². The Morgan fingerprint density at radius 1 is 1.09 bits per heavy atom. The zero-order valence-electron chi connectivity index (χ0n) is 11.8. The molecule has 0 atom stereocenters. The average Bonchev–Trinajstić information content (AvgIpc) is 2.51. The van der Waals surface area contributed by atoms with E-state index >= 15 is 0 Å². The van der Waals surface area contributed by atoms with Crippen molar-refractivity contribution in [1.82, 2.24) is 5.43 Å². The predicted molar refractivity (Wildman–Crippen MR) is 89.7 cm³/mol. The summed E-state index contributed by atoms with van der Waals surface area (Å²) in [4.78, 5) is 23.5. The van der Waals surface area contributed by atoms with Crippen molar-refractivity contribution < 1.29 is 9.59 Å². The third kappa shape index (κ3) is 4.53. The lowest BCUT2D eigenvalue weighted by Gasteiger charge is -2.07. The number of amides is 2. The van der Waals surface area contributed by atoms with Gasteiger partial charge in [-0.05, 0) is 36.2 Å². The van der Waals surface area contributed by atoms with Gasteiger partial charge in [0.2, 0.25) is 0 Å². The molecule has 22 heavy (non-hydrogen) atoms. The van der Waals surface area contributed by atoms with E-state index in [1.165, 1.54) is 6.21 Å². The maximum absolute atomic E-state index is 11.8. The molecule has 5 nitrogen and oxygen atoms in total. The maximum atomic E-state index is 11.8. The molecule has 2 rings (SSSR count). The Balaban J connectivity index is 1.92. The smallest absolute Gasteiger partial charge is 0.317 e. The number of aryl methyl sites for hydroxylation is 1. The standard InChI is InChI=1S/C16H14BrN3O2/c1-11-9-13(17)7-8-14(11)19-15(21)16(22)20-18-10-12-5-3-2-4-6-12/h2-10H,1H3,(H,19,21)(H,20,22)/b18-10+. The van der Waals surface area contributed by atoms with Crippen LogP contribution in [0.4, 0.5) is 5.69 Å². The van der Waals surface area contributed by atoms with Gasteiger partial charge in [0.05, 0.1) is 6.21 Å². The van der Waals surface area contributed by atoms with E-state index in [0.29, 0.717) is 5.69 Å². The highest BCUT2D eigenvalue weighted by Crippen LogP contribution is 2.19. The van der Waals surface area contributed by atoms with Crippen molar-refractivity contribution in [3.05, 3.63) is 64.1 Å². The van der Waals surface area contributed by atoms with Crippen molar-refractivity contribution in [2.45, 2.75) is 6.92 Å². The third-order valence-electron chi connectivity index (χ3n) is 2.82. The highest BCUT2D eigenvalue weighted by Gasteiger charge is 2.13. The molecule has 0 aromatic heterocycles. The highest BCUT2D eigenvalue weighted by atomic mass is 79.9. The van der Waals surface area contributed by atoms with E-state index in [9.17, 15) is 9.59 Å². The molecule has 2 amide bonds. The Kier molecular flexibility index (Phi) is 5.43. The summed E-state index contributed by atoms with van der Waals surface area (Å²) in [6.45, 7) is 1.84. The van der Waals surface area contributed by atoms with Gasteiger partial charge in [-0.3, -0.25) is 9.59 Å². The van der Waals surface area contributed by atoms with Crippen molar-refractivity contribution in [2.24, 2.45) is 5.10 Å². The van der Waals surface area contributed by atoms with Crippen LogP contribution in [0.5, 0.6) is 0 Å². The number of halogens is 1. The van der Waals surface area contributed by atoms with Gasteiger partial charge in [-0.2, -0.15) is 5.10 Å². The molecule has 0 unspecified atom stereocenters. The summed E-state index contributed by atoms with van der Waals surface area (Å²) < 4.78 is 0.903. The van der Waals surface area contributed by atoms with Crippen LogP contribution in [0.2, 0.25) is 0 Å². The zero-order chi connectivity index (χ0) is 15.9. The fourth-order valence-electron chi connectivity index (χ4n) is 1.70. The van der Waals surface area contributed by atoms with Crippen molar-refractivity contribution in [1.29, 1.82) is 0 Å². The molecule has 112 valence electrons. The van der Waals surface area contributed by atoms with Gasteiger partial charge in [-0.25, -0.2) is 5.43 Å². The molecule has 0 fully saturated rings. The van der Waals surface area contributed by atoms with Crippen molar-refractivity contribution >= 4 is 39.6 Å². The number of hydrazone groups is 1. The molecule has 0 spiro atoms. The fraction of sp³-hybridized carbons (Fsp3) is 0.0625. The minimum Gasteiger partial charge on any atom is -0.317 e. The summed E-state index contributed by atoms with van der Waals surface area (Å²) in [5.41, 5.74) is 4.45. The number of benzene rings is 2. The Morgan fingerprint density at radius 3 is 2.50 bits per heavy atom. The van der Waals surface area contributed by atoms with E-state index in [1.807, 2.05) is 43.3 Å². The van der Waals surface area contributed by atoms with E-state index < -0.39 is 11.8 Å². The first-order valence-corrected chi connectivity index (χ1v) is 7.31. The molecule has 2 aromatic carbocycles. The minimum atomic E-state index is -0.825. The summed E-state index contributed by atoms with van der Waals surface area (Å²) in [6.07, 6.45) is 1.47. The van der Waals surface area contributed by atoms with Crippen LogP contribution in [0.3, 0.4) is 0 Å². The minimum absolute atomic E-state index is 0.579. The van der Waals surface area contributed by atoms with Gasteiger partial charge >= 0.3 is 11.8 Å². The molecule has 0 saturated heterocycles. The largest absolute Gasteiger partial charge is 0.329 e. The monoisotopic (exact) mass is 359 g/mol. The molecular formula is C16H14BrN3O2. The fourth-order valence-corrected chi connectivity index (χ4v) is 2.18. The second kappa shape index (κ2) is 7.51. The average molecular weight is 360 g/mol. The Hall–Kier alpha value is -2.47. The van der Waals surface area contributed by atoms with Gasteiger partial charge in [0, 0.05) is 10.2 Å². The van der Waals surface area contributed by atoms with Crippen LogP contribution < -0.4 is 10.7 Å².